The van der Waals surface area contributed by atoms with E-state index in [1.54, 1.807) is 13.0 Å². The number of piperidine rings is 1. The lowest BCUT2D eigenvalue weighted by Gasteiger charge is -2.38. The molecular formula is C14H24N4O2. The minimum Gasteiger partial charge on any atom is -0.360 e. The second-order valence-corrected chi connectivity index (χ2v) is 5.59. The fourth-order valence-electron chi connectivity index (χ4n) is 2.72. The number of aromatic nitrogens is 1. The van der Waals surface area contributed by atoms with Crippen molar-refractivity contribution in [3.63, 3.8) is 0 Å². The van der Waals surface area contributed by atoms with Gasteiger partial charge in [-0.05, 0) is 40.2 Å². The van der Waals surface area contributed by atoms with Crippen LogP contribution in [0, 0.1) is 6.92 Å². The van der Waals surface area contributed by atoms with E-state index in [-0.39, 0.29) is 6.03 Å². The number of likely N-dealkylation sites (tertiary alicyclic amines) is 1. The molecule has 1 aromatic rings. The van der Waals surface area contributed by atoms with Gasteiger partial charge >= 0.3 is 6.03 Å². The average Bonchev–Trinajstić information content (AvgIpc) is 2.82. The lowest BCUT2D eigenvalue weighted by atomic mass is 10.0. The summed E-state index contributed by atoms with van der Waals surface area (Å²) in [6.45, 7) is 7.95. The van der Waals surface area contributed by atoms with E-state index in [0.29, 0.717) is 30.2 Å². The van der Waals surface area contributed by atoms with Crippen LogP contribution < -0.4 is 10.6 Å². The van der Waals surface area contributed by atoms with E-state index in [0.717, 1.165) is 6.54 Å². The lowest BCUT2D eigenvalue weighted by molar-refractivity contribution is 0.114. The number of anilines is 1. The number of aryl methyl sites for hydroxylation is 1. The highest BCUT2D eigenvalue weighted by Gasteiger charge is 2.23. The Bertz CT molecular complexity index is 446. The Morgan fingerprint density at radius 3 is 3.05 bits per heavy atom. The molecule has 1 aliphatic heterocycles. The number of nitrogens with zero attached hydrogens (tertiary/aromatic N) is 2. The van der Waals surface area contributed by atoms with Crippen LogP contribution in [0.1, 0.15) is 38.9 Å². The quantitative estimate of drug-likeness (QED) is 0.888. The van der Waals surface area contributed by atoms with Crippen molar-refractivity contribution >= 4 is 11.8 Å². The fraction of sp³-hybridized carbons (Fsp3) is 0.714. The van der Waals surface area contributed by atoms with Crippen LogP contribution in [0.4, 0.5) is 10.6 Å². The van der Waals surface area contributed by atoms with Gasteiger partial charge in [-0.3, -0.25) is 10.2 Å². The van der Waals surface area contributed by atoms with E-state index in [1.807, 2.05) is 0 Å². The van der Waals surface area contributed by atoms with Gasteiger partial charge in [-0.1, -0.05) is 11.6 Å². The number of nitrogens with one attached hydrogen (secondary N) is 2. The van der Waals surface area contributed by atoms with Crippen molar-refractivity contribution in [2.24, 2.45) is 0 Å². The zero-order valence-electron chi connectivity index (χ0n) is 12.5. The molecule has 0 aromatic carbocycles. The molecule has 6 heteroatoms. The highest BCUT2D eigenvalue weighted by atomic mass is 16.5. The first-order valence-corrected chi connectivity index (χ1v) is 7.30. The monoisotopic (exact) mass is 280 g/mol. The summed E-state index contributed by atoms with van der Waals surface area (Å²) >= 11 is 0. The molecule has 6 nitrogen and oxygen atoms in total. The summed E-state index contributed by atoms with van der Waals surface area (Å²) in [6.07, 6.45) is 3.80. The van der Waals surface area contributed by atoms with E-state index in [2.05, 4.69) is 34.5 Å². The molecule has 0 radical (unpaired) electrons. The van der Waals surface area contributed by atoms with Crippen LogP contribution in [0.25, 0.3) is 0 Å². The van der Waals surface area contributed by atoms with Crippen LogP contribution in [0.5, 0.6) is 0 Å². The number of carbonyl (C=O) groups is 1. The first-order chi connectivity index (χ1) is 9.56. The molecule has 2 unspecified atom stereocenters. The van der Waals surface area contributed by atoms with Crippen LogP contribution in [0.2, 0.25) is 0 Å². The number of hydrogen-bond donors (Lipinski definition) is 2. The summed E-state index contributed by atoms with van der Waals surface area (Å²) in [6, 6.07) is 2.39. The van der Waals surface area contributed by atoms with E-state index in [1.165, 1.54) is 19.3 Å². The van der Waals surface area contributed by atoms with Crippen molar-refractivity contribution in [3.05, 3.63) is 11.8 Å². The van der Waals surface area contributed by atoms with E-state index in [9.17, 15) is 4.79 Å². The fourth-order valence-corrected chi connectivity index (χ4v) is 2.72. The molecule has 2 N–H and O–H groups in total. The summed E-state index contributed by atoms with van der Waals surface area (Å²) in [7, 11) is 0. The van der Waals surface area contributed by atoms with Gasteiger partial charge in [0.25, 0.3) is 0 Å². The first kappa shape index (κ1) is 14.8. The highest BCUT2D eigenvalue weighted by molar-refractivity contribution is 5.88. The summed E-state index contributed by atoms with van der Waals surface area (Å²) in [4.78, 5) is 14.2. The summed E-state index contributed by atoms with van der Waals surface area (Å²) in [5.41, 5.74) is 0. The molecule has 1 aromatic heterocycles. The molecule has 112 valence electrons. The zero-order chi connectivity index (χ0) is 14.5. The largest absolute Gasteiger partial charge is 0.360 e. The van der Waals surface area contributed by atoms with E-state index < -0.39 is 0 Å². The zero-order valence-corrected chi connectivity index (χ0v) is 12.5. The molecule has 2 heterocycles. The highest BCUT2D eigenvalue weighted by Crippen LogP contribution is 2.18. The van der Waals surface area contributed by atoms with Crippen molar-refractivity contribution in [1.82, 2.24) is 15.4 Å². The first-order valence-electron chi connectivity index (χ1n) is 7.30. The predicted octanol–water partition coefficient (Wildman–Crippen LogP) is 2.37. The van der Waals surface area contributed by atoms with Crippen LogP contribution in [-0.4, -0.2) is 41.3 Å². The van der Waals surface area contributed by atoms with Gasteiger partial charge in [-0.25, -0.2) is 4.79 Å². The number of urea groups is 1. The van der Waals surface area contributed by atoms with Gasteiger partial charge in [-0.15, -0.1) is 0 Å². The Morgan fingerprint density at radius 2 is 2.40 bits per heavy atom. The minimum atomic E-state index is -0.241. The Kier molecular flexibility index (Phi) is 5.00. The van der Waals surface area contributed by atoms with Gasteiger partial charge in [0.1, 0.15) is 5.76 Å². The summed E-state index contributed by atoms with van der Waals surface area (Å²) in [5.74, 6) is 1.12. The van der Waals surface area contributed by atoms with Gasteiger partial charge < -0.3 is 9.84 Å². The average molecular weight is 280 g/mol. The third kappa shape index (κ3) is 3.96. The maximum atomic E-state index is 11.8. The van der Waals surface area contributed by atoms with Gasteiger partial charge in [0, 0.05) is 24.7 Å². The van der Waals surface area contributed by atoms with E-state index >= 15 is 0 Å². The molecule has 1 saturated heterocycles. The molecule has 2 amide bonds. The number of hydrogen-bond acceptors (Lipinski definition) is 4. The predicted molar refractivity (Wildman–Crippen MR) is 77.7 cm³/mol. The van der Waals surface area contributed by atoms with Crippen molar-refractivity contribution in [1.29, 1.82) is 0 Å². The molecule has 1 aliphatic rings. The Balaban J connectivity index is 1.75. The third-order valence-corrected chi connectivity index (χ3v) is 3.85. The topological polar surface area (TPSA) is 70.4 Å². The molecule has 0 spiro atoms. The van der Waals surface area contributed by atoms with Crippen LogP contribution in [0.15, 0.2) is 10.6 Å². The normalized spacial score (nSPS) is 21.4. The van der Waals surface area contributed by atoms with Crippen LogP contribution in [0.3, 0.4) is 0 Å². The van der Waals surface area contributed by atoms with Crippen molar-refractivity contribution in [3.8, 4) is 0 Å². The molecule has 20 heavy (non-hydrogen) atoms. The Labute approximate surface area is 119 Å². The number of amides is 2. The number of rotatable bonds is 4. The molecular weight excluding hydrogens is 256 g/mol. The number of carbonyl (C=O) groups excluding carboxylic acids is 1. The van der Waals surface area contributed by atoms with Gasteiger partial charge in [0.15, 0.2) is 5.82 Å². The second-order valence-electron chi connectivity index (χ2n) is 5.59. The second kappa shape index (κ2) is 6.74. The maximum absolute atomic E-state index is 11.8. The molecule has 0 bridgehead atoms. The maximum Gasteiger partial charge on any atom is 0.320 e. The third-order valence-electron chi connectivity index (χ3n) is 3.85. The van der Waals surface area contributed by atoms with Gasteiger partial charge in [0.05, 0.1) is 0 Å². The molecule has 2 rings (SSSR count). The van der Waals surface area contributed by atoms with Crippen molar-refractivity contribution in [2.75, 3.05) is 18.4 Å². The Hall–Kier alpha value is -1.56. The molecule has 1 fully saturated rings. The smallest absolute Gasteiger partial charge is 0.320 e. The van der Waals surface area contributed by atoms with Crippen LogP contribution in [-0.2, 0) is 0 Å². The minimum absolute atomic E-state index is 0.241. The molecule has 0 saturated carbocycles. The standard InChI is InChI=1S/C14H24N4O2/c1-10-6-4-5-7-18(10)11(2)9-15-14(19)16-13-8-12(3)20-17-13/h8,10-11H,4-7,9H2,1-3H3,(H2,15,16,17,19). The van der Waals surface area contributed by atoms with Gasteiger partial charge in [0.2, 0.25) is 0 Å². The SMILES string of the molecule is Cc1cc(NC(=O)NCC(C)N2CCCCC2C)no1. The lowest BCUT2D eigenvalue weighted by Crippen LogP contribution is -2.49. The summed E-state index contributed by atoms with van der Waals surface area (Å²) in [5, 5.41) is 9.27. The molecule has 2 atom stereocenters. The van der Waals surface area contributed by atoms with Gasteiger partial charge in [-0.2, -0.15) is 0 Å². The molecule has 0 aliphatic carbocycles. The Morgan fingerprint density at radius 1 is 1.60 bits per heavy atom. The van der Waals surface area contributed by atoms with Crippen molar-refractivity contribution in [2.45, 2.75) is 52.1 Å². The van der Waals surface area contributed by atoms with Crippen molar-refractivity contribution < 1.29 is 9.32 Å². The summed E-state index contributed by atoms with van der Waals surface area (Å²) < 4.78 is 4.90. The van der Waals surface area contributed by atoms with E-state index in [4.69, 9.17) is 4.52 Å². The van der Waals surface area contributed by atoms with Crippen LogP contribution >= 0.6 is 0 Å².